The van der Waals surface area contributed by atoms with Crippen molar-refractivity contribution in [3.05, 3.63) is 92.1 Å². The van der Waals surface area contributed by atoms with Crippen molar-refractivity contribution in [2.75, 3.05) is 7.11 Å². The second-order valence-corrected chi connectivity index (χ2v) is 8.39. The van der Waals surface area contributed by atoms with E-state index >= 15 is 0 Å². The van der Waals surface area contributed by atoms with Crippen LogP contribution >= 0.6 is 39.7 Å². The summed E-state index contributed by atoms with van der Waals surface area (Å²) in [4.78, 5) is 0. The Morgan fingerprint density at radius 3 is 2.59 bits per heavy atom. The zero-order valence-corrected chi connectivity index (χ0v) is 20.1. The lowest BCUT2D eigenvalue weighted by Gasteiger charge is -2.13. The summed E-state index contributed by atoms with van der Waals surface area (Å²) < 4.78 is 14.3. The fourth-order valence-corrected chi connectivity index (χ4v) is 3.69. The number of ether oxygens (including phenoxy) is 2. The van der Waals surface area contributed by atoms with E-state index in [4.69, 9.17) is 33.3 Å². The summed E-state index contributed by atoms with van der Waals surface area (Å²) in [5, 5.41) is 12.3. The number of nitrogens with zero attached hydrogens (tertiary/aromatic N) is 3. The highest BCUT2D eigenvalue weighted by Gasteiger charge is 2.11. The smallest absolute Gasteiger partial charge is 0.216 e. The summed E-state index contributed by atoms with van der Waals surface area (Å²) in [6.45, 7) is 0.387. The van der Waals surface area contributed by atoms with Crippen molar-refractivity contribution in [3.8, 4) is 22.9 Å². The molecule has 0 saturated carbocycles. The van der Waals surface area contributed by atoms with Crippen LogP contribution in [0.15, 0.2) is 76.3 Å². The fraction of sp³-hybridized carbons (Fsp3) is 0.0870. The molecule has 0 unspecified atom stereocenters. The number of H-pyrrole nitrogens is 1. The molecule has 4 aromatic rings. The Labute approximate surface area is 203 Å². The van der Waals surface area contributed by atoms with E-state index in [1.807, 2.05) is 66.7 Å². The lowest BCUT2D eigenvalue weighted by atomic mass is 10.2. The van der Waals surface area contributed by atoms with E-state index in [2.05, 4.69) is 31.2 Å². The van der Waals surface area contributed by atoms with E-state index in [0.717, 1.165) is 21.2 Å². The maximum atomic E-state index is 5.96. The van der Waals surface area contributed by atoms with Crippen LogP contribution in [0.1, 0.15) is 11.1 Å². The van der Waals surface area contributed by atoms with Gasteiger partial charge in [0.25, 0.3) is 0 Å². The van der Waals surface area contributed by atoms with Gasteiger partial charge in [0.1, 0.15) is 6.61 Å². The van der Waals surface area contributed by atoms with Gasteiger partial charge in [-0.25, -0.2) is 5.10 Å². The van der Waals surface area contributed by atoms with Gasteiger partial charge in [-0.1, -0.05) is 54.1 Å². The van der Waals surface area contributed by atoms with Gasteiger partial charge in [-0.15, -0.1) is 0 Å². The minimum Gasteiger partial charge on any atom is -0.493 e. The van der Waals surface area contributed by atoms with Crippen LogP contribution < -0.4 is 9.47 Å². The van der Waals surface area contributed by atoms with Crippen molar-refractivity contribution < 1.29 is 9.47 Å². The Morgan fingerprint density at radius 2 is 1.88 bits per heavy atom. The van der Waals surface area contributed by atoms with Crippen LogP contribution in [-0.4, -0.2) is 28.2 Å². The normalized spacial score (nSPS) is 11.1. The number of nitrogens with one attached hydrogen (secondary N) is 1. The molecule has 0 aliphatic carbocycles. The van der Waals surface area contributed by atoms with Gasteiger partial charge in [0.15, 0.2) is 17.3 Å². The molecule has 4 rings (SSSR count). The molecule has 32 heavy (non-hydrogen) atoms. The molecular weight excluding hydrogens is 512 g/mol. The van der Waals surface area contributed by atoms with Gasteiger partial charge in [-0.05, 0) is 58.0 Å². The minimum absolute atomic E-state index is 0.387. The first kappa shape index (κ1) is 22.3. The first-order valence-electron chi connectivity index (χ1n) is 9.57. The molecule has 0 radical (unpaired) electrons. The van der Waals surface area contributed by atoms with Crippen molar-refractivity contribution in [1.82, 2.24) is 14.9 Å². The van der Waals surface area contributed by atoms with Gasteiger partial charge in [0, 0.05) is 20.6 Å². The molecule has 0 amide bonds. The van der Waals surface area contributed by atoms with E-state index in [0.29, 0.717) is 33.7 Å². The first-order chi connectivity index (χ1) is 15.5. The zero-order chi connectivity index (χ0) is 22.5. The number of hydrogen-bond donors (Lipinski definition) is 1. The van der Waals surface area contributed by atoms with Crippen LogP contribution in [0.4, 0.5) is 0 Å². The maximum Gasteiger partial charge on any atom is 0.216 e. The lowest BCUT2D eigenvalue weighted by Crippen LogP contribution is -2.00. The van der Waals surface area contributed by atoms with Crippen LogP contribution in [0.2, 0.25) is 5.02 Å². The summed E-state index contributed by atoms with van der Waals surface area (Å²) in [6.07, 6.45) is 1.69. The van der Waals surface area contributed by atoms with Gasteiger partial charge in [0.2, 0.25) is 4.77 Å². The number of rotatable bonds is 7. The van der Waals surface area contributed by atoms with E-state index in [1.165, 1.54) is 0 Å². The van der Waals surface area contributed by atoms with Crippen molar-refractivity contribution >= 4 is 46.0 Å². The fourth-order valence-electron chi connectivity index (χ4n) is 2.96. The summed E-state index contributed by atoms with van der Waals surface area (Å²) >= 11 is 14.9. The van der Waals surface area contributed by atoms with Crippen molar-refractivity contribution in [3.63, 3.8) is 0 Å². The molecule has 9 heteroatoms. The molecule has 0 atom stereocenters. The van der Waals surface area contributed by atoms with Gasteiger partial charge in [-0.3, -0.25) is 0 Å². The Kier molecular flexibility index (Phi) is 7.04. The average Bonchev–Trinajstić information content (AvgIpc) is 3.18. The quantitative estimate of drug-likeness (QED) is 0.219. The van der Waals surface area contributed by atoms with Crippen molar-refractivity contribution in [2.45, 2.75) is 6.61 Å². The number of hydrogen-bond acceptors (Lipinski definition) is 5. The molecule has 1 aromatic heterocycles. The van der Waals surface area contributed by atoms with Gasteiger partial charge in [0.05, 0.1) is 13.3 Å². The third-order valence-electron chi connectivity index (χ3n) is 4.59. The molecule has 1 heterocycles. The molecule has 162 valence electrons. The highest BCUT2D eigenvalue weighted by molar-refractivity contribution is 9.10. The predicted molar refractivity (Wildman–Crippen MR) is 132 cm³/mol. The summed E-state index contributed by atoms with van der Waals surface area (Å²) in [5.74, 6) is 1.82. The second kappa shape index (κ2) is 10.1. The molecule has 1 N–H and O–H groups in total. The van der Waals surface area contributed by atoms with Crippen molar-refractivity contribution in [2.24, 2.45) is 5.10 Å². The predicted octanol–water partition coefficient (Wildman–Crippen LogP) is 6.49. The highest BCUT2D eigenvalue weighted by atomic mass is 79.9. The van der Waals surface area contributed by atoms with Gasteiger partial charge < -0.3 is 9.47 Å². The Bertz CT molecular complexity index is 1300. The molecule has 3 aromatic carbocycles. The standard InChI is InChI=1S/C23H18BrClN4O2S/c1-30-20-11-17(19(24)12-21(20)31-14-15-7-9-18(25)10-8-15)13-26-29-22(27-28-23(29)32)16-5-3-2-4-6-16/h2-13H,14H2,1H3,(H,28,32)/b26-13-. The average molecular weight is 530 g/mol. The third kappa shape index (κ3) is 5.09. The van der Waals surface area contributed by atoms with Gasteiger partial charge in [-0.2, -0.15) is 14.9 Å². The maximum absolute atomic E-state index is 5.96. The first-order valence-corrected chi connectivity index (χ1v) is 11.1. The second-order valence-electron chi connectivity index (χ2n) is 6.71. The topological polar surface area (TPSA) is 64.4 Å². The third-order valence-corrected chi connectivity index (χ3v) is 5.79. The Hall–Kier alpha value is -2.94. The molecular formula is C23H18BrClN4O2S. The Balaban J connectivity index is 1.59. The molecule has 0 aliphatic rings. The minimum atomic E-state index is 0.387. The number of benzene rings is 3. The highest BCUT2D eigenvalue weighted by Crippen LogP contribution is 2.33. The largest absolute Gasteiger partial charge is 0.493 e. The number of halogens is 2. The van der Waals surface area contributed by atoms with Gasteiger partial charge >= 0.3 is 0 Å². The SMILES string of the molecule is COc1cc(/C=N\n2c(-c3ccccc3)n[nH]c2=S)c(Br)cc1OCc1ccc(Cl)cc1. The summed E-state index contributed by atoms with van der Waals surface area (Å²) in [5.41, 5.74) is 2.70. The summed E-state index contributed by atoms with van der Waals surface area (Å²) in [7, 11) is 1.60. The molecule has 6 nitrogen and oxygen atoms in total. The van der Waals surface area contributed by atoms with E-state index < -0.39 is 0 Å². The summed E-state index contributed by atoms with van der Waals surface area (Å²) in [6, 6.07) is 20.9. The molecule has 0 fully saturated rings. The van der Waals surface area contributed by atoms with Crippen LogP contribution in [0.3, 0.4) is 0 Å². The monoisotopic (exact) mass is 528 g/mol. The van der Waals surface area contributed by atoms with E-state index in [1.54, 1.807) is 18.0 Å². The zero-order valence-electron chi connectivity index (χ0n) is 17.0. The lowest BCUT2D eigenvalue weighted by molar-refractivity contribution is 0.284. The molecule has 0 aliphatic heterocycles. The van der Waals surface area contributed by atoms with Crippen molar-refractivity contribution in [1.29, 1.82) is 0 Å². The molecule has 0 spiro atoms. The van der Waals surface area contributed by atoms with Crippen LogP contribution in [-0.2, 0) is 6.61 Å². The van der Waals surface area contributed by atoms with Crippen LogP contribution in [0.25, 0.3) is 11.4 Å². The Morgan fingerprint density at radius 1 is 1.12 bits per heavy atom. The van der Waals surface area contributed by atoms with E-state index in [9.17, 15) is 0 Å². The number of methoxy groups -OCH3 is 1. The molecule has 0 saturated heterocycles. The number of aromatic amines is 1. The van der Waals surface area contributed by atoms with Crippen LogP contribution in [0.5, 0.6) is 11.5 Å². The van der Waals surface area contributed by atoms with Crippen LogP contribution in [0, 0.1) is 4.77 Å². The number of aromatic nitrogens is 3. The van der Waals surface area contributed by atoms with E-state index in [-0.39, 0.29) is 0 Å². The molecule has 0 bridgehead atoms.